The molecule has 0 saturated heterocycles. The fraction of sp³-hybridized carbons (Fsp3) is 0.400. The molecule has 0 spiro atoms. The van der Waals surface area contributed by atoms with Gasteiger partial charge >= 0.3 is 5.97 Å². The summed E-state index contributed by atoms with van der Waals surface area (Å²) in [7, 11) is 0. The second-order valence-corrected chi connectivity index (χ2v) is 3.05. The van der Waals surface area contributed by atoms with Crippen molar-refractivity contribution in [2.75, 3.05) is 6.61 Å². The zero-order valence-corrected chi connectivity index (χ0v) is 10.5. The van der Waals surface area contributed by atoms with Gasteiger partial charge in [0, 0.05) is 0 Å². The zero-order chi connectivity index (χ0) is 11.8. The smallest absolute Gasteiger partial charge is 0.339 e. The number of hydrogen-bond acceptors (Lipinski definition) is 3. The van der Waals surface area contributed by atoms with Crippen molar-refractivity contribution in [3.63, 3.8) is 0 Å². The molecule has 1 rings (SSSR count). The van der Waals surface area contributed by atoms with E-state index in [0.717, 1.165) is 0 Å². The minimum Gasteiger partial charge on any atom is -0.491 e. The van der Waals surface area contributed by atoms with Gasteiger partial charge in [0.15, 0.2) is 5.75 Å². The number of carboxylic acid groups (broad SMARTS) is 1. The van der Waals surface area contributed by atoms with Crippen LogP contribution in [0.1, 0.15) is 31.1 Å². The maximum atomic E-state index is 10.7. The van der Waals surface area contributed by atoms with Gasteiger partial charge in [-0.1, -0.05) is 13.8 Å². The lowest BCUT2D eigenvalue weighted by molar-refractivity contribution is 0.0692. The van der Waals surface area contributed by atoms with Gasteiger partial charge in [-0.15, -0.1) is 0 Å². The molecule has 1 N–H and O–H groups in total. The quantitative estimate of drug-likeness (QED) is 0.862. The summed E-state index contributed by atoms with van der Waals surface area (Å²) in [4.78, 5) is 14.6. The second-order valence-electron chi connectivity index (χ2n) is 2.24. The number of carbonyl (C=O) groups is 1. The van der Waals surface area contributed by atoms with Crippen molar-refractivity contribution >= 4 is 21.9 Å². The van der Waals surface area contributed by atoms with Crippen molar-refractivity contribution in [2.24, 2.45) is 0 Å². The average Bonchev–Trinajstić information content (AvgIpc) is 2.24. The molecule has 0 amide bonds. The van der Waals surface area contributed by atoms with E-state index in [9.17, 15) is 4.79 Å². The summed E-state index contributed by atoms with van der Waals surface area (Å²) in [5.74, 6) is -0.732. The molecule has 0 aliphatic heterocycles. The second kappa shape index (κ2) is 7.23. The first-order chi connectivity index (χ1) is 7.15. The molecule has 0 radical (unpaired) electrons. The van der Waals surface area contributed by atoms with Crippen LogP contribution in [0, 0.1) is 0 Å². The predicted molar refractivity (Wildman–Crippen MR) is 61.4 cm³/mol. The van der Waals surface area contributed by atoms with E-state index in [4.69, 9.17) is 9.84 Å². The number of rotatable bonds is 3. The van der Waals surface area contributed by atoms with E-state index in [1.807, 2.05) is 13.8 Å². The van der Waals surface area contributed by atoms with Gasteiger partial charge in [0.05, 0.1) is 12.8 Å². The molecule has 0 aromatic carbocycles. The Morgan fingerprint density at radius 1 is 1.60 bits per heavy atom. The molecule has 5 heteroatoms. The predicted octanol–water partition coefficient (Wildman–Crippen LogP) is 2.97. The summed E-state index contributed by atoms with van der Waals surface area (Å²) >= 11 is 3.09. The first-order valence-electron chi connectivity index (χ1n) is 4.66. The van der Waals surface area contributed by atoms with Crippen molar-refractivity contribution < 1.29 is 14.6 Å². The van der Waals surface area contributed by atoms with Crippen LogP contribution >= 0.6 is 15.9 Å². The number of hydrogen-bond donors (Lipinski definition) is 1. The molecule has 0 aliphatic carbocycles. The number of aromatic nitrogens is 1. The lowest BCUT2D eigenvalue weighted by Gasteiger charge is -2.05. The minimum absolute atomic E-state index is 0.115. The maximum Gasteiger partial charge on any atom is 0.339 e. The van der Waals surface area contributed by atoms with Gasteiger partial charge in [-0.2, -0.15) is 0 Å². The molecule has 15 heavy (non-hydrogen) atoms. The Morgan fingerprint density at radius 2 is 2.20 bits per heavy atom. The van der Waals surface area contributed by atoms with Gasteiger partial charge in [0.1, 0.15) is 10.2 Å². The van der Waals surface area contributed by atoms with Crippen molar-refractivity contribution in [3.8, 4) is 5.75 Å². The molecule has 84 valence electrons. The molecule has 0 atom stereocenters. The Balaban J connectivity index is 0.000000921. The average molecular weight is 276 g/mol. The normalized spacial score (nSPS) is 8.80. The maximum absolute atomic E-state index is 10.7. The summed E-state index contributed by atoms with van der Waals surface area (Å²) in [6.45, 7) is 6.21. The lowest BCUT2D eigenvalue weighted by Crippen LogP contribution is -2.03. The Morgan fingerprint density at radius 3 is 2.67 bits per heavy atom. The van der Waals surface area contributed by atoms with Gasteiger partial charge in [0.25, 0.3) is 0 Å². The van der Waals surface area contributed by atoms with E-state index in [-0.39, 0.29) is 5.56 Å². The van der Waals surface area contributed by atoms with E-state index in [1.165, 1.54) is 12.3 Å². The molecule has 0 fully saturated rings. The minimum atomic E-state index is -1.02. The molecule has 1 aromatic heterocycles. The molecule has 4 nitrogen and oxygen atoms in total. The Kier molecular flexibility index (Phi) is 6.70. The van der Waals surface area contributed by atoms with Gasteiger partial charge in [-0.05, 0) is 28.9 Å². The van der Waals surface area contributed by atoms with Crippen LogP contribution in [0.5, 0.6) is 5.75 Å². The zero-order valence-electron chi connectivity index (χ0n) is 8.95. The first-order valence-corrected chi connectivity index (χ1v) is 5.46. The van der Waals surface area contributed by atoms with Crippen molar-refractivity contribution in [2.45, 2.75) is 20.8 Å². The van der Waals surface area contributed by atoms with Crippen LogP contribution in [0.4, 0.5) is 0 Å². The topological polar surface area (TPSA) is 59.4 Å². The van der Waals surface area contributed by atoms with Crippen LogP contribution in [0.3, 0.4) is 0 Å². The van der Waals surface area contributed by atoms with Crippen LogP contribution in [0.15, 0.2) is 16.9 Å². The summed E-state index contributed by atoms with van der Waals surface area (Å²) < 4.78 is 5.57. The molecular weight excluding hydrogens is 262 g/mol. The number of aromatic carboxylic acids is 1. The highest BCUT2D eigenvalue weighted by molar-refractivity contribution is 9.10. The number of pyridine rings is 1. The van der Waals surface area contributed by atoms with Gasteiger partial charge < -0.3 is 9.84 Å². The Hall–Kier alpha value is -1.10. The summed E-state index contributed by atoms with van der Waals surface area (Å²) in [6, 6.07) is 1.41. The van der Waals surface area contributed by atoms with Crippen LogP contribution in [-0.4, -0.2) is 22.7 Å². The SMILES string of the molecule is CC.CCOc1cnc(Br)cc1C(=O)O. The third-order valence-electron chi connectivity index (χ3n) is 1.36. The molecule has 0 bridgehead atoms. The molecule has 1 aromatic rings. The monoisotopic (exact) mass is 275 g/mol. The number of carboxylic acids is 1. The number of nitrogens with zero attached hydrogens (tertiary/aromatic N) is 1. The Labute approximate surface area is 97.4 Å². The van der Waals surface area contributed by atoms with E-state index in [1.54, 1.807) is 6.92 Å². The highest BCUT2D eigenvalue weighted by atomic mass is 79.9. The fourth-order valence-corrected chi connectivity index (χ4v) is 1.19. The first kappa shape index (κ1) is 13.9. The van der Waals surface area contributed by atoms with Crippen molar-refractivity contribution in [3.05, 3.63) is 22.4 Å². The molecule has 0 unspecified atom stereocenters. The fourth-order valence-electron chi connectivity index (χ4n) is 0.855. The lowest BCUT2D eigenvalue weighted by atomic mass is 10.2. The van der Waals surface area contributed by atoms with Crippen LogP contribution in [-0.2, 0) is 0 Å². The third kappa shape index (κ3) is 4.29. The molecule has 0 saturated carbocycles. The van der Waals surface area contributed by atoms with Crippen molar-refractivity contribution in [1.29, 1.82) is 0 Å². The van der Waals surface area contributed by atoms with E-state index >= 15 is 0 Å². The largest absolute Gasteiger partial charge is 0.491 e. The number of ether oxygens (including phenoxy) is 1. The van der Waals surface area contributed by atoms with Gasteiger partial charge in [0.2, 0.25) is 0 Å². The summed E-state index contributed by atoms with van der Waals surface area (Å²) in [5, 5.41) is 8.79. The van der Waals surface area contributed by atoms with Crippen LogP contribution < -0.4 is 4.74 Å². The van der Waals surface area contributed by atoms with Gasteiger partial charge in [-0.3, -0.25) is 0 Å². The summed E-state index contributed by atoms with van der Waals surface area (Å²) in [6.07, 6.45) is 1.39. The third-order valence-corrected chi connectivity index (χ3v) is 1.80. The number of halogens is 1. The van der Waals surface area contributed by atoms with E-state index in [2.05, 4.69) is 20.9 Å². The highest BCUT2D eigenvalue weighted by Crippen LogP contribution is 2.20. The molecular formula is C10H14BrNO3. The summed E-state index contributed by atoms with van der Waals surface area (Å²) in [5.41, 5.74) is 0.115. The molecule has 1 heterocycles. The van der Waals surface area contributed by atoms with Gasteiger partial charge in [-0.25, -0.2) is 9.78 Å². The highest BCUT2D eigenvalue weighted by Gasteiger charge is 2.11. The van der Waals surface area contributed by atoms with E-state index < -0.39 is 5.97 Å². The standard InChI is InChI=1S/C8H8BrNO3.C2H6/c1-2-13-6-4-10-7(9)3-5(6)8(11)12;1-2/h3-4H,2H2,1H3,(H,11,12);1-2H3. The van der Waals surface area contributed by atoms with Crippen molar-refractivity contribution in [1.82, 2.24) is 4.98 Å². The molecule has 0 aliphatic rings. The van der Waals surface area contributed by atoms with Crippen LogP contribution in [0.25, 0.3) is 0 Å². The van der Waals surface area contributed by atoms with E-state index in [0.29, 0.717) is 17.0 Å². The Bertz CT molecular complexity index is 328. The van der Waals surface area contributed by atoms with Crippen LogP contribution in [0.2, 0.25) is 0 Å².